The lowest BCUT2D eigenvalue weighted by Gasteiger charge is -2.19. The molecule has 1 aromatic heterocycles. The summed E-state index contributed by atoms with van der Waals surface area (Å²) in [6.07, 6.45) is 1.02. The molecule has 0 bridgehead atoms. The van der Waals surface area contributed by atoms with Crippen LogP contribution in [0.4, 0.5) is 16.5 Å². The smallest absolute Gasteiger partial charge is 0.412 e. The average Bonchev–Trinajstić information content (AvgIpc) is 2.73. The number of nitrogens with one attached hydrogen (secondary N) is 1. The van der Waals surface area contributed by atoms with Crippen LogP contribution in [0.15, 0.2) is 34.9 Å². The Morgan fingerprint density at radius 2 is 2.15 bits per heavy atom. The number of hydrogen-bond acceptors (Lipinski definition) is 5. The zero-order valence-corrected chi connectivity index (χ0v) is 11.6. The Morgan fingerprint density at radius 1 is 1.40 bits per heavy atom. The highest BCUT2D eigenvalue weighted by Crippen LogP contribution is 2.24. The molecule has 6 nitrogen and oxygen atoms in total. The van der Waals surface area contributed by atoms with E-state index in [9.17, 15) is 4.79 Å². The fraction of sp³-hybridized carbons (Fsp3) is 0.286. The average molecular weight is 275 g/mol. The summed E-state index contributed by atoms with van der Waals surface area (Å²) >= 11 is 0. The Balaban J connectivity index is 2.12. The van der Waals surface area contributed by atoms with E-state index in [1.54, 1.807) is 39.0 Å². The van der Waals surface area contributed by atoms with Gasteiger partial charge in [0.1, 0.15) is 5.60 Å². The number of amides is 1. The van der Waals surface area contributed by atoms with Gasteiger partial charge in [-0.25, -0.2) is 9.78 Å². The molecule has 2 rings (SSSR count). The number of carbonyl (C=O) groups excluding carboxylic acids is 1. The molecule has 20 heavy (non-hydrogen) atoms. The highest BCUT2D eigenvalue weighted by molar-refractivity contribution is 5.85. The van der Waals surface area contributed by atoms with Crippen molar-refractivity contribution in [2.75, 3.05) is 11.1 Å². The number of carbonyl (C=O) groups is 1. The number of nitrogens with two attached hydrogens (primary N) is 1. The van der Waals surface area contributed by atoms with E-state index in [1.165, 1.54) is 6.20 Å². The molecule has 1 heterocycles. The number of oxazole rings is 1. The third-order valence-corrected chi connectivity index (χ3v) is 2.32. The summed E-state index contributed by atoms with van der Waals surface area (Å²) < 4.78 is 10.4. The van der Waals surface area contributed by atoms with Crippen molar-refractivity contribution in [2.24, 2.45) is 0 Å². The molecular weight excluding hydrogens is 258 g/mol. The first-order valence-electron chi connectivity index (χ1n) is 6.15. The molecule has 3 N–H and O–H groups in total. The van der Waals surface area contributed by atoms with Crippen LogP contribution >= 0.6 is 0 Å². The van der Waals surface area contributed by atoms with E-state index in [0.717, 1.165) is 5.56 Å². The molecule has 0 unspecified atom stereocenters. The summed E-state index contributed by atoms with van der Waals surface area (Å²) in [4.78, 5) is 15.5. The third-order valence-electron chi connectivity index (χ3n) is 2.32. The second-order valence-corrected chi connectivity index (χ2v) is 5.27. The molecule has 0 aliphatic heterocycles. The molecular formula is C14H17N3O3. The van der Waals surface area contributed by atoms with Crippen LogP contribution in [0.25, 0.3) is 11.3 Å². The number of nitrogens with zero attached hydrogens (tertiary/aromatic N) is 1. The lowest BCUT2D eigenvalue weighted by molar-refractivity contribution is 0.0636. The zero-order valence-electron chi connectivity index (χ0n) is 11.6. The van der Waals surface area contributed by atoms with Crippen molar-refractivity contribution >= 4 is 17.8 Å². The van der Waals surface area contributed by atoms with Crippen LogP contribution in [0.2, 0.25) is 0 Å². The number of anilines is 2. The predicted molar refractivity (Wildman–Crippen MR) is 76.2 cm³/mol. The molecule has 106 valence electrons. The van der Waals surface area contributed by atoms with Gasteiger partial charge in [0.15, 0.2) is 5.76 Å². The van der Waals surface area contributed by atoms with Crippen LogP contribution in [0.3, 0.4) is 0 Å². The second-order valence-electron chi connectivity index (χ2n) is 5.27. The summed E-state index contributed by atoms with van der Waals surface area (Å²) in [6, 6.07) is 7.24. The van der Waals surface area contributed by atoms with E-state index in [-0.39, 0.29) is 6.01 Å². The van der Waals surface area contributed by atoms with Crippen LogP contribution in [0, 0.1) is 0 Å². The van der Waals surface area contributed by atoms with E-state index >= 15 is 0 Å². The molecule has 2 aromatic rings. The molecule has 0 aliphatic carbocycles. The topological polar surface area (TPSA) is 90.4 Å². The Morgan fingerprint density at radius 3 is 2.75 bits per heavy atom. The molecule has 0 radical (unpaired) electrons. The maximum absolute atomic E-state index is 11.7. The quantitative estimate of drug-likeness (QED) is 0.877. The van der Waals surface area contributed by atoms with E-state index < -0.39 is 11.7 Å². The largest absolute Gasteiger partial charge is 0.444 e. The van der Waals surface area contributed by atoms with Crippen LogP contribution in [0.1, 0.15) is 20.8 Å². The first-order chi connectivity index (χ1) is 9.33. The van der Waals surface area contributed by atoms with Gasteiger partial charge in [0.2, 0.25) is 0 Å². The van der Waals surface area contributed by atoms with Crippen LogP contribution in [-0.4, -0.2) is 16.7 Å². The lowest BCUT2D eigenvalue weighted by Crippen LogP contribution is -2.27. The standard InChI is InChI=1S/C14H17N3O3/c1-14(2,3)20-13(18)17-10-6-4-5-9(7-10)11-8-16-12(15)19-11/h4-8H,1-3H3,(H2,15,16)(H,17,18). The third kappa shape index (κ3) is 3.74. The summed E-state index contributed by atoms with van der Waals surface area (Å²) in [5.41, 5.74) is 6.27. The number of hydrogen-bond donors (Lipinski definition) is 2. The highest BCUT2D eigenvalue weighted by Gasteiger charge is 2.16. The Hall–Kier alpha value is -2.50. The number of nitrogen functional groups attached to an aromatic ring is 1. The van der Waals surface area contributed by atoms with E-state index in [2.05, 4.69) is 10.3 Å². The molecule has 1 amide bonds. The molecule has 0 fully saturated rings. The van der Waals surface area contributed by atoms with Crippen molar-refractivity contribution < 1.29 is 13.9 Å². The molecule has 0 saturated carbocycles. The van der Waals surface area contributed by atoms with Crippen LogP contribution in [0.5, 0.6) is 0 Å². The van der Waals surface area contributed by atoms with E-state index in [1.807, 2.05) is 6.07 Å². The highest BCUT2D eigenvalue weighted by atomic mass is 16.6. The van der Waals surface area contributed by atoms with Crippen LogP contribution in [-0.2, 0) is 4.74 Å². The van der Waals surface area contributed by atoms with Crippen molar-refractivity contribution in [3.63, 3.8) is 0 Å². The van der Waals surface area contributed by atoms with Crippen molar-refractivity contribution in [3.05, 3.63) is 30.5 Å². The summed E-state index contributed by atoms with van der Waals surface area (Å²) in [6.45, 7) is 5.42. The molecule has 1 aromatic carbocycles. The molecule has 0 aliphatic rings. The summed E-state index contributed by atoms with van der Waals surface area (Å²) in [7, 11) is 0. The SMILES string of the molecule is CC(C)(C)OC(=O)Nc1cccc(-c2cnc(N)o2)c1. The first kappa shape index (κ1) is 13.9. The van der Waals surface area contributed by atoms with Gasteiger partial charge < -0.3 is 14.9 Å². The van der Waals surface area contributed by atoms with Crippen molar-refractivity contribution in [2.45, 2.75) is 26.4 Å². The lowest BCUT2D eigenvalue weighted by atomic mass is 10.1. The van der Waals surface area contributed by atoms with Gasteiger partial charge >= 0.3 is 6.09 Å². The van der Waals surface area contributed by atoms with E-state index in [0.29, 0.717) is 11.4 Å². The monoisotopic (exact) mass is 275 g/mol. The van der Waals surface area contributed by atoms with Crippen molar-refractivity contribution in [1.82, 2.24) is 4.98 Å². The molecule has 0 saturated heterocycles. The number of rotatable bonds is 2. The maximum Gasteiger partial charge on any atom is 0.412 e. The second kappa shape index (κ2) is 5.24. The van der Waals surface area contributed by atoms with Gasteiger partial charge in [0.25, 0.3) is 6.01 Å². The molecule has 0 spiro atoms. The van der Waals surface area contributed by atoms with E-state index in [4.69, 9.17) is 14.9 Å². The van der Waals surface area contributed by atoms with Crippen molar-refractivity contribution in [1.29, 1.82) is 0 Å². The Bertz CT molecular complexity index is 614. The van der Waals surface area contributed by atoms with Gasteiger partial charge in [-0.15, -0.1) is 0 Å². The molecule has 0 atom stereocenters. The molecule has 6 heteroatoms. The predicted octanol–water partition coefficient (Wildman–Crippen LogP) is 3.27. The van der Waals surface area contributed by atoms with Gasteiger partial charge in [0, 0.05) is 11.3 Å². The summed E-state index contributed by atoms with van der Waals surface area (Å²) in [5, 5.41) is 2.66. The number of benzene rings is 1. The van der Waals surface area contributed by atoms with Gasteiger partial charge in [-0.1, -0.05) is 12.1 Å². The Labute approximate surface area is 116 Å². The first-order valence-corrected chi connectivity index (χ1v) is 6.15. The summed E-state index contributed by atoms with van der Waals surface area (Å²) in [5.74, 6) is 0.537. The fourth-order valence-corrected chi connectivity index (χ4v) is 1.59. The van der Waals surface area contributed by atoms with Gasteiger partial charge in [-0.2, -0.15) is 0 Å². The number of ether oxygens (including phenoxy) is 1. The minimum Gasteiger partial charge on any atom is -0.444 e. The zero-order chi connectivity index (χ0) is 14.8. The number of aromatic nitrogens is 1. The minimum atomic E-state index is -0.541. The van der Waals surface area contributed by atoms with Crippen LogP contribution < -0.4 is 11.1 Å². The van der Waals surface area contributed by atoms with Crippen molar-refractivity contribution in [3.8, 4) is 11.3 Å². The minimum absolute atomic E-state index is 0.102. The Kier molecular flexibility index (Phi) is 3.65. The maximum atomic E-state index is 11.7. The fourth-order valence-electron chi connectivity index (χ4n) is 1.59. The normalized spacial score (nSPS) is 11.2. The van der Waals surface area contributed by atoms with Gasteiger partial charge in [-0.3, -0.25) is 5.32 Å². The van der Waals surface area contributed by atoms with Gasteiger partial charge in [-0.05, 0) is 32.9 Å². The van der Waals surface area contributed by atoms with Gasteiger partial charge in [0.05, 0.1) is 6.20 Å².